The van der Waals surface area contributed by atoms with E-state index in [-0.39, 0.29) is 11.5 Å². The molecule has 4 heteroatoms. The predicted octanol–water partition coefficient (Wildman–Crippen LogP) is 1.59. The number of hydrogen-bond acceptors (Lipinski definition) is 3. The molecule has 0 aromatic rings. The summed E-state index contributed by atoms with van der Waals surface area (Å²) >= 11 is 0. The minimum Gasteiger partial charge on any atom is -0.313 e. The fraction of sp³-hybridized carbons (Fsp3) is 1.00. The van der Waals surface area contributed by atoms with Crippen LogP contribution in [0.4, 0.5) is 0 Å². The summed E-state index contributed by atoms with van der Waals surface area (Å²) < 4.78 is 22.5. The molecule has 1 saturated carbocycles. The van der Waals surface area contributed by atoms with Gasteiger partial charge in [-0.15, -0.1) is 0 Å². The SMILES string of the molecule is CCS(=O)(=O)CCNC1CCC(C)(C)C1. The third-order valence-electron chi connectivity index (χ3n) is 3.25. The van der Waals surface area contributed by atoms with Gasteiger partial charge in [-0.05, 0) is 24.7 Å². The van der Waals surface area contributed by atoms with Gasteiger partial charge in [-0.1, -0.05) is 20.8 Å². The van der Waals surface area contributed by atoms with Crippen LogP contribution >= 0.6 is 0 Å². The smallest absolute Gasteiger partial charge is 0.151 e. The van der Waals surface area contributed by atoms with Gasteiger partial charge in [0.05, 0.1) is 5.75 Å². The summed E-state index contributed by atoms with van der Waals surface area (Å²) in [6.07, 6.45) is 3.59. The van der Waals surface area contributed by atoms with Crippen LogP contribution in [0.3, 0.4) is 0 Å². The van der Waals surface area contributed by atoms with Crippen molar-refractivity contribution in [3.8, 4) is 0 Å². The van der Waals surface area contributed by atoms with Crippen LogP contribution in [0.25, 0.3) is 0 Å². The topological polar surface area (TPSA) is 46.2 Å². The second-order valence-electron chi connectivity index (χ2n) is 5.29. The van der Waals surface area contributed by atoms with Crippen molar-refractivity contribution in [3.05, 3.63) is 0 Å². The summed E-state index contributed by atoms with van der Waals surface area (Å²) in [5.74, 6) is 0.533. The van der Waals surface area contributed by atoms with Crippen LogP contribution in [0, 0.1) is 5.41 Å². The first-order chi connectivity index (χ1) is 6.85. The maximum atomic E-state index is 11.3. The van der Waals surface area contributed by atoms with Gasteiger partial charge >= 0.3 is 0 Å². The molecule has 3 nitrogen and oxygen atoms in total. The molecule has 0 heterocycles. The Labute approximate surface area is 93.6 Å². The summed E-state index contributed by atoms with van der Waals surface area (Å²) in [5.41, 5.74) is 0.432. The predicted molar refractivity (Wildman–Crippen MR) is 63.8 cm³/mol. The zero-order valence-electron chi connectivity index (χ0n) is 10.0. The first kappa shape index (κ1) is 13.0. The van der Waals surface area contributed by atoms with Crippen molar-refractivity contribution in [2.75, 3.05) is 18.1 Å². The van der Waals surface area contributed by atoms with E-state index in [2.05, 4.69) is 19.2 Å². The van der Waals surface area contributed by atoms with Crippen molar-refractivity contribution in [2.24, 2.45) is 5.41 Å². The van der Waals surface area contributed by atoms with Gasteiger partial charge in [0.1, 0.15) is 0 Å². The van der Waals surface area contributed by atoms with Gasteiger partial charge in [0.15, 0.2) is 9.84 Å². The molecule has 0 aromatic heterocycles. The molecule has 0 bridgehead atoms. The van der Waals surface area contributed by atoms with E-state index in [4.69, 9.17) is 0 Å². The summed E-state index contributed by atoms with van der Waals surface area (Å²) in [6, 6.07) is 0.520. The quantitative estimate of drug-likeness (QED) is 0.784. The van der Waals surface area contributed by atoms with Gasteiger partial charge in [0.2, 0.25) is 0 Å². The van der Waals surface area contributed by atoms with E-state index in [9.17, 15) is 8.42 Å². The maximum absolute atomic E-state index is 11.3. The number of hydrogen-bond donors (Lipinski definition) is 1. The van der Waals surface area contributed by atoms with Crippen LogP contribution in [-0.2, 0) is 9.84 Å². The minimum atomic E-state index is -2.80. The third-order valence-corrected chi connectivity index (χ3v) is 4.96. The first-order valence-electron chi connectivity index (χ1n) is 5.78. The summed E-state index contributed by atoms with van der Waals surface area (Å²) in [6.45, 7) is 6.86. The molecule has 0 spiro atoms. The maximum Gasteiger partial charge on any atom is 0.151 e. The van der Waals surface area contributed by atoms with Crippen LogP contribution in [0.5, 0.6) is 0 Å². The normalized spacial score (nSPS) is 25.7. The fourth-order valence-corrected chi connectivity index (χ4v) is 2.89. The number of nitrogens with one attached hydrogen (secondary N) is 1. The lowest BCUT2D eigenvalue weighted by molar-refractivity contribution is 0.366. The van der Waals surface area contributed by atoms with Gasteiger partial charge in [0, 0.05) is 18.3 Å². The van der Waals surface area contributed by atoms with Crippen molar-refractivity contribution in [3.63, 3.8) is 0 Å². The molecule has 1 aliphatic rings. The molecule has 15 heavy (non-hydrogen) atoms. The van der Waals surface area contributed by atoms with E-state index in [0.29, 0.717) is 18.0 Å². The molecule has 1 fully saturated rings. The molecule has 1 unspecified atom stereocenters. The Morgan fingerprint density at radius 1 is 1.40 bits per heavy atom. The molecule has 1 atom stereocenters. The molecule has 1 N–H and O–H groups in total. The lowest BCUT2D eigenvalue weighted by Crippen LogP contribution is -2.32. The highest BCUT2D eigenvalue weighted by atomic mass is 32.2. The number of rotatable bonds is 5. The first-order valence-corrected chi connectivity index (χ1v) is 7.60. The molecule has 90 valence electrons. The minimum absolute atomic E-state index is 0.255. The third kappa shape index (κ3) is 4.51. The van der Waals surface area contributed by atoms with Crippen molar-refractivity contribution in [2.45, 2.75) is 46.1 Å². The largest absolute Gasteiger partial charge is 0.313 e. The fourth-order valence-electron chi connectivity index (χ4n) is 2.17. The second kappa shape index (κ2) is 4.83. The Morgan fingerprint density at radius 3 is 2.53 bits per heavy atom. The lowest BCUT2D eigenvalue weighted by atomic mass is 9.92. The van der Waals surface area contributed by atoms with Gasteiger partial charge in [-0.25, -0.2) is 8.42 Å². The van der Waals surface area contributed by atoms with Crippen LogP contribution in [0.1, 0.15) is 40.0 Å². The standard InChI is InChI=1S/C11H23NO2S/c1-4-15(13,14)8-7-12-10-5-6-11(2,3)9-10/h10,12H,4-9H2,1-3H3. The lowest BCUT2D eigenvalue weighted by Gasteiger charge is -2.17. The summed E-state index contributed by atoms with van der Waals surface area (Å²) in [4.78, 5) is 0. The van der Waals surface area contributed by atoms with E-state index in [1.54, 1.807) is 6.92 Å². The molecular weight excluding hydrogens is 210 g/mol. The van der Waals surface area contributed by atoms with E-state index < -0.39 is 9.84 Å². The summed E-state index contributed by atoms with van der Waals surface area (Å²) in [7, 11) is -2.80. The Morgan fingerprint density at radius 2 is 2.07 bits per heavy atom. The molecular formula is C11H23NO2S. The molecule has 1 aliphatic carbocycles. The van der Waals surface area contributed by atoms with Crippen LogP contribution < -0.4 is 5.32 Å². The van der Waals surface area contributed by atoms with Crippen LogP contribution in [0.2, 0.25) is 0 Å². The highest BCUT2D eigenvalue weighted by Gasteiger charge is 2.30. The summed E-state index contributed by atoms with van der Waals surface area (Å²) in [5, 5.41) is 3.35. The van der Waals surface area contributed by atoms with E-state index in [1.165, 1.54) is 19.3 Å². The zero-order chi connectivity index (χ0) is 11.5. The van der Waals surface area contributed by atoms with Crippen LogP contribution in [-0.4, -0.2) is 32.5 Å². The van der Waals surface area contributed by atoms with Crippen molar-refractivity contribution < 1.29 is 8.42 Å². The Balaban J connectivity index is 2.23. The van der Waals surface area contributed by atoms with Gasteiger partial charge in [-0.2, -0.15) is 0 Å². The molecule has 0 radical (unpaired) electrons. The number of sulfone groups is 1. The van der Waals surface area contributed by atoms with Crippen LogP contribution in [0.15, 0.2) is 0 Å². The monoisotopic (exact) mass is 233 g/mol. The molecule has 1 rings (SSSR count). The highest BCUT2D eigenvalue weighted by Crippen LogP contribution is 2.36. The zero-order valence-corrected chi connectivity index (χ0v) is 10.9. The Kier molecular flexibility index (Phi) is 4.18. The van der Waals surface area contributed by atoms with E-state index in [1.807, 2.05) is 0 Å². The molecule has 0 aromatic carbocycles. The molecule has 0 aliphatic heterocycles. The van der Waals surface area contributed by atoms with Gasteiger partial charge in [-0.3, -0.25) is 0 Å². The Hall–Kier alpha value is -0.0900. The van der Waals surface area contributed by atoms with E-state index >= 15 is 0 Å². The Bertz CT molecular complexity index is 296. The van der Waals surface area contributed by atoms with Gasteiger partial charge < -0.3 is 5.32 Å². The van der Waals surface area contributed by atoms with Gasteiger partial charge in [0.25, 0.3) is 0 Å². The van der Waals surface area contributed by atoms with Crippen molar-refractivity contribution in [1.82, 2.24) is 5.32 Å². The second-order valence-corrected chi connectivity index (χ2v) is 7.77. The van der Waals surface area contributed by atoms with E-state index in [0.717, 1.165) is 0 Å². The van der Waals surface area contributed by atoms with Crippen molar-refractivity contribution in [1.29, 1.82) is 0 Å². The average molecular weight is 233 g/mol. The highest BCUT2D eigenvalue weighted by molar-refractivity contribution is 7.91. The average Bonchev–Trinajstić information content (AvgIpc) is 2.45. The molecule has 0 amide bonds. The van der Waals surface area contributed by atoms with Crippen molar-refractivity contribution >= 4 is 9.84 Å². The molecule has 0 saturated heterocycles.